The van der Waals surface area contributed by atoms with Gasteiger partial charge >= 0.3 is 5.97 Å². The van der Waals surface area contributed by atoms with Crippen LogP contribution in [-0.2, 0) is 16.0 Å². The van der Waals surface area contributed by atoms with Gasteiger partial charge in [-0.05, 0) is 60.9 Å². The van der Waals surface area contributed by atoms with Crippen LogP contribution in [0.1, 0.15) is 59.3 Å². The van der Waals surface area contributed by atoms with Gasteiger partial charge in [0.05, 0.1) is 12.8 Å². The van der Waals surface area contributed by atoms with Gasteiger partial charge in [0.15, 0.2) is 5.78 Å². The third-order valence-corrected chi connectivity index (χ3v) is 8.03. The Morgan fingerprint density at radius 2 is 1.64 bits per heavy atom. The van der Waals surface area contributed by atoms with Crippen LogP contribution in [0.25, 0.3) is 6.08 Å². The first-order valence-electron chi connectivity index (χ1n) is 15.4. The number of carboxylic acids is 1. The average molecular weight is 607 g/mol. The molecular weight excluding hydrogens is 568 g/mol. The predicted molar refractivity (Wildman–Crippen MR) is 173 cm³/mol. The first-order valence-corrected chi connectivity index (χ1v) is 15.4. The molecule has 3 aromatic carbocycles. The van der Waals surface area contributed by atoms with Gasteiger partial charge in [0.2, 0.25) is 5.91 Å². The number of carbonyl (C=O) groups excluding carboxylic acids is 2. The molecule has 1 amide bonds. The van der Waals surface area contributed by atoms with Crippen molar-refractivity contribution in [2.45, 2.75) is 50.6 Å². The van der Waals surface area contributed by atoms with Crippen molar-refractivity contribution in [2.24, 2.45) is 0 Å². The number of anilines is 1. The van der Waals surface area contributed by atoms with Crippen molar-refractivity contribution in [1.82, 2.24) is 4.90 Å². The summed E-state index contributed by atoms with van der Waals surface area (Å²) in [5, 5.41) is 13.1. The molecule has 1 aliphatic carbocycles. The van der Waals surface area contributed by atoms with Crippen molar-refractivity contribution in [1.29, 1.82) is 0 Å². The Kier molecular flexibility index (Phi) is 10.8. The topological polar surface area (TPSA) is 109 Å². The number of aliphatic carboxylic acids is 1. The van der Waals surface area contributed by atoms with Crippen molar-refractivity contribution in [3.63, 3.8) is 0 Å². The summed E-state index contributed by atoms with van der Waals surface area (Å²) in [6.45, 7) is 0.793. The number of hydrogen-bond donors (Lipinski definition) is 2. The number of amides is 1. The molecule has 232 valence electrons. The second kappa shape index (κ2) is 15.6. The summed E-state index contributed by atoms with van der Waals surface area (Å²) in [5.74, 6) is 0.0112. The highest BCUT2D eigenvalue weighted by molar-refractivity contribution is 6.12. The Bertz CT molecular complexity index is 1570. The third-order valence-electron chi connectivity index (χ3n) is 8.03. The number of furan rings is 1. The molecule has 8 nitrogen and oxygen atoms in total. The lowest BCUT2D eigenvalue weighted by Gasteiger charge is -2.33. The fraction of sp³-hybridized carbons (Fsp3) is 0.270. The van der Waals surface area contributed by atoms with Gasteiger partial charge < -0.3 is 24.5 Å². The largest absolute Gasteiger partial charge is 0.492 e. The minimum atomic E-state index is -1.02. The first kappa shape index (κ1) is 31.3. The number of ketones is 1. The molecule has 1 aromatic heterocycles. The van der Waals surface area contributed by atoms with Crippen molar-refractivity contribution in [2.75, 3.05) is 18.5 Å². The van der Waals surface area contributed by atoms with Gasteiger partial charge in [-0.3, -0.25) is 9.59 Å². The summed E-state index contributed by atoms with van der Waals surface area (Å²) >= 11 is 0. The van der Waals surface area contributed by atoms with Gasteiger partial charge in [-0.15, -0.1) is 0 Å². The normalized spacial score (nSPS) is 14.1. The van der Waals surface area contributed by atoms with E-state index in [0.717, 1.165) is 31.2 Å². The number of para-hydroxylation sites is 1. The molecular formula is C37H38N2O6. The summed E-state index contributed by atoms with van der Waals surface area (Å²) in [4.78, 5) is 40.3. The highest BCUT2D eigenvalue weighted by Crippen LogP contribution is 2.24. The first-order chi connectivity index (χ1) is 22.0. The molecule has 0 bridgehead atoms. The van der Waals surface area contributed by atoms with Gasteiger partial charge in [0, 0.05) is 35.4 Å². The Morgan fingerprint density at radius 1 is 0.911 bits per heavy atom. The number of carbonyl (C=O) groups is 3. The maximum Gasteiger partial charge on any atom is 0.326 e. The zero-order valence-corrected chi connectivity index (χ0v) is 25.1. The molecule has 5 rings (SSSR count). The zero-order chi connectivity index (χ0) is 31.4. The second-order valence-electron chi connectivity index (χ2n) is 11.1. The van der Waals surface area contributed by atoms with Crippen molar-refractivity contribution in [3.05, 3.63) is 126 Å². The van der Waals surface area contributed by atoms with Gasteiger partial charge in [-0.1, -0.05) is 73.9 Å². The molecule has 0 unspecified atom stereocenters. The molecule has 45 heavy (non-hydrogen) atoms. The second-order valence-corrected chi connectivity index (χ2v) is 11.1. The molecule has 4 aromatic rings. The average Bonchev–Trinajstić information content (AvgIpc) is 3.61. The molecule has 1 fully saturated rings. The van der Waals surface area contributed by atoms with Gasteiger partial charge in [-0.2, -0.15) is 0 Å². The molecule has 0 saturated heterocycles. The maximum atomic E-state index is 13.1. The number of nitrogens with one attached hydrogen (secondary N) is 1. The molecule has 1 saturated carbocycles. The minimum absolute atomic E-state index is 0.0588. The summed E-state index contributed by atoms with van der Waals surface area (Å²) in [7, 11) is 0. The molecule has 2 N–H and O–H groups in total. The summed E-state index contributed by atoms with van der Waals surface area (Å²) < 4.78 is 11.3. The van der Waals surface area contributed by atoms with Crippen molar-refractivity contribution < 1.29 is 28.6 Å². The molecule has 0 spiro atoms. The number of ether oxygens (including phenoxy) is 1. The fourth-order valence-corrected chi connectivity index (χ4v) is 5.66. The van der Waals surface area contributed by atoms with Crippen LogP contribution in [0.3, 0.4) is 0 Å². The van der Waals surface area contributed by atoms with Crippen molar-refractivity contribution in [3.8, 4) is 5.75 Å². The Morgan fingerprint density at radius 3 is 2.36 bits per heavy atom. The smallest absolute Gasteiger partial charge is 0.326 e. The quantitative estimate of drug-likeness (QED) is 0.119. The fourth-order valence-electron chi connectivity index (χ4n) is 5.66. The molecule has 0 radical (unpaired) electrons. The van der Waals surface area contributed by atoms with E-state index < -0.39 is 12.0 Å². The summed E-state index contributed by atoms with van der Waals surface area (Å²) in [6.07, 6.45) is 10.4. The van der Waals surface area contributed by atoms with Crippen LogP contribution in [0.15, 0.2) is 108 Å². The monoisotopic (exact) mass is 606 g/mol. The molecule has 1 aliphatic rings. The zero-order valence-electron chi connectivity index (χ0n) is 25.1. The Hall–Kier alpha value is -5.11. The molecule has 1 atom stereocenters. The number of rotatable bonds is 14. The van der Waals surface area contributed by atoms with Crippen LogP contribution >= 0.6 is 0 Å². The lowest BCUT2D eigenvalue weighted by atomic mass is 9.94. The van der Waals surface area contributed by atoms with E-state index in [4.69, 9.17) is 9.15 Å². The lowest BCUT2D eigenvalue weighted by molar-refractivity contribution is -0.138. The van der Waals surface area contributed by atoms with Gasteiger partial charge in [-0.25, -0.2) is 4.79 Å². The highest BCUT2D eigenvalue weighted by Gasteiger charge is 2.24. The van der Waals surface area contributed by atoms with E-state index >= 15 is 0 Å². The predicted octanol–water partition coefficient (Wildman–Crippen LogP) is 6.87. The van der Waals surface area contributed by atoms with E-state index in [9.17, 15) is 19.5 Å². The van der Waals surface area contributed by atoms with Crippen molar-refractivity contribution >= 4 is 29.4 Å². The maximum absolute atomic E-state index is 13.1. The number of benzene rings is 3. The van der Waals surface area contributed by atoms with E-state index in [-0.39, 0.29) is 24.2 Å². The summed E-state index contributed by atoms with van der Waals surface area (Å²) in [5.41, 5.74) is 2.22. The van der Waals surface area contributed by atoms with E-state index in [1.54, 1.807) is 73.0 Å². The van der Waals surface area contributed by atoms with E-state index in [2.05, 4.69) is 5.32 Å². The van der Waals surface area contributed by atoms with Crippen LogP contribution < -0.4 is 10.1 Å². The molecule has 8 heteroatoms. The van der Waals surface area contributed by atoms with E-state index in [0.29, 0.717) is 41.5 Å². The van der Waals surface area contributed by atoms with Crippen LogP contribution in [0.4, 0.5) is 5.69 Å². The number of nitrogens with zero attached hydrogens (tertiary/aromatic N) is 1. The number of hydrogen-bond acceptors (Lipinski definition) is 6. The Balaban J connectivity index is 1.19. The highest BCUT2D eigenvalue weighted by atomic mass is 16.5. The SMILES string of the molecule is O=C(c1ccccc1)c1ccccc1N[C@@H](Cc1ccc(OCCN(C(=O)C=Cc2ccco2)C2CCCCC2)cc1)C(=O)O. The number of carboxylic acid groups (broad SMARTS) is 1. The third kappa shape index (κ3) is 8.72. The minimum Gasteiger partial charge on any atom is -0.492 e. The standard InChI is InChI=1S/C37H38N2O6/c40-35(22-21-30-14-9-24-44-30)39(29-12-5-2-6-13-29)23-25-45-31-19-17-27(18-20-31)26-34(37(42)43)38-33-16-8-7-15-32(33)36(41)28-10-3-1-4-11-28/h1,3-4,7-11,14-22,24,29,34,38H,2,5-6,12-13,23,25-26H2,(H,42,43)/t34-/m0/s1. The van der Waals surface area contributed by atoms with E-state index in [1.165, 1.54) is 6.42 Å². The molecule has 0 aliphatic heterocycles. The Labute approximate surface area is 263 Å². The van der Waals surface area contributed by atoms with Crippen LogP contribution in [0.5, 0.6) is 5.75 Å². The molecule has 1 heterocycles. The van der Waals surface area contributed by atoms with E-state index in [1.807, 2.05) is 41.3 Å². The summed E-state index contributed by atoms with van der Waals surface area (Å²) in [6, 6.07) is 26.0. The van der Waals surface area contributed by atoms with Gasteiger partial charge in [0.1, 0.15) is 24.2 Å². The van der Waals surface area contributed by atoms with Gasteiger partial charge in [0.25, 0.3) is 0 Å². The van der Waals surface area contributed by atoms with Crippen LogP contribution in [0, 0.1) is 0 Å². The van der Waals surface area contributed by atoms with Crippen LogP contribution in [-0.4, -0.2) is 52.9 Å². The lowest BCUT2D eigenvalue weighted by Crippen LogP contribution is -2.42. The van der Waals surface area contributed by atoms with Crippen LogP contribution in [0.2, 0.25) is 0 Å².